The lowest BCUT2D eigenvalue weighted by Gasteiger charge is -2.14. The third kappa shape index (κ3) is 3.67. The highest BCUT2D eigenvalue weighted by Gasteiger charge is 2.11. The summed E-state index contributed by atoms with van der Waals surface area (Å²) in [5, 5.41) is 16.2. The van der Waals surface area contributed by atoms with E-state index in [0.29, 0.717) is 5.56 Å². The van der Waals surface area contributed by atoms with E-state index in [9.17, 15) is 14.7 Å². The first-order chi connectivity index (χ1) is 10.5. The zero-order valence-corrected chi connectivity index (χ0v) is 12.6. The van der Waals surface area contributed by atoms with E-state index >= 15 is 0 Å². The lowest BCUT2D eigenvalue weighted by atomic mass is 10.1. The largest absolute Gasteiger partial charge is 0.545 e. The van der Waals surface area contributed by atoms with Crippen molar-refractivity contribution in [3.63, 3.8) is 0 Å². The van der Waals surface area contributed by atoms with Gasteiger partial charge in [0.15, 0.2) is 5.11 Å². The number of carbonyl (C=O) groups is 2. The molecule has 0 atom stereocenters. The van der Waals surface area contributed by atoms with Gasteiger partial charge in [-0.2, -0.15) is 0 Å². The highest BCUT2D eigenvalue weighted by atomic mass is 32.1. The van der Waals surface area contributed by atoms with Gasteiger partial charge in [0, 0.05) is 16.8 Å². The van der Waals surface area contributed by atoms with Crippen molar-refractivity contribution in [2.24, 2.45) is 0 Å². The first-order valence-corrected chi connectivity index (χ1v) is 6.88. The summed E-state index contributed by atoms with van der Waals surface area (Å²) in [6.45, 7) is 1.82. The average Bonchev–Trinajstić information content (AvgIpc) is 2.47. The maximum atomic E-state index is 12.1. The summed E-state index contributed by atoms with van der Waals surface area (Å²) in [5.74, 6) is -1.68. The van der Waals surface area contributed by atoms with Crippen LogP contribution in [0.2, 0.25) is 0 Å². The molecule has 0 saturated heterocycles. The number of aryl methyl sites for hydroxylation is 1. The molecule has 0 unspecified atom stereocenters. The van der Waals surface area contributed by atoms with Crippen LogP contribution in [0.1, 0.15) is 26.3 Å². The minimum atomic E-state index is -1.32. The Bertz CT molecular complexity index is 744. The number of amides is 1. The van der Waals surface area contributed by atoms with Gasteiger partial charge in [-0.25, -0.2) is 0 Å². The Hall–Kier alpha value is -2.73. The summed E-state index contributed by atoms with van der Waals surface area (Å²) in [6.07, 6.45) is 0. The zero-order chi connectivity index (χ0) is 16.1. The molecule has 112 valence electrons. The molecular formula is C16H13N2O3S-. The van der Waals surface area contributed by atoms with E-state index in [-0.39, 0.29) is 22.3 Å². The van der Waals surface area contributed by atoms with Crippen LogP contribution in [0.25, 0.3) is 0 Å². The Morgan fingerprint density at radius 3 is 2.23 bits per heavy atom. The van der Waals surface area contributed by atoms with E-state index in [1.807, 2.05) is 19.1 Å². The van der Waals surface area contributed by atoms with Crippen molar-refractivity contribution >= 4 is 34.9 Å². The smallest absolute Gasteiger partial charge is 0.257 e. The second kappa shape index (κ2) is 6.82. The number of aromatic carboxylic acids is 1. The average molecular weight is 313 g/mol. The minimum Gasteiger partial charge on any atom is -0.545 e. The lowest BCUT2D eigenvalue weighted by molar-refractivity contribution is -0.254. The number of rotatable bonds is 3. The van der Waals surface area contributed by atoms with E-state index in [4.69, 9.17) is 12.2 Å². The van der Waals surface area contributed by atoms with Crippen molar-refractivity contribution in [1.29, 1.82) is 0 Å². The van der Waals surface area contributed by atoms with Gasteiger partial charge in [0.2, 0.25) is 0 Å². The van der Waals surface area contributed by atoms with Crippen LogP contribution >= 0.6 is 12.2 Å². The second-order valence-corrected chi connectivity index (χ2v) is 4.96. The molecule has 0 aromatic heterocycles. The van der Waals surface area contributed by atoms with Gasteiger partial charge >= 0.3 is 0 Å². The Morgan fingerprint density at radius 2 is 1.59 bits per heavy atom. The van der Waals surface area contributed by atoms with Crippen LogP contribution < -0.4 is 15.7 Å². The maximum absolute atomic E-state index is 12.1. The molecule has 0 bridgehead atoms. The van der Waals surface area contributed by atoms with Crippen LogP contribution in [0.4, 0.5) is 5.69 Å². The quantitative estimate of drug-likeness (QED) is 0.839. The first kappa shape index (κ1) is 15.7. The number of benzene rings is 2. The molecule has 1 amide bonds. The van der Waals surface area contributed by atoms with Crippen molar-refractivity contribution in [3.05, 3.63) is 65.2 Å². The predicted octanol–water partition coefficient (Wildman–Crippen LogP) is 1.49. The van der Waals surface area contributed by atoms with E-state index in [0.717, 1.165) is 5.56 Å². The minimum absolute atomic E-state index is 0.0157. The summed E-state index contributed by atoms with van der Waals surface area (Å²) < 4.78 is 0. The molecule has 0 saturated carbocycles. The summed E-state index contributed by atoms with van der Waals surface area (Å²) in [4.78, 5) is 23.1. The number of thiocarbonyl (C=S) groups is 1. The molecule has 2 aromatic rings. The van der Waals surface area contributed by atoms with Crippen molar-refractivity contribution < 1.29 is 14.7 Å². The third-order valence-corrected chi connectivity index (χ3v) is 3.22. The normalized spacial score (nSPS) is 9.86. The van der Waals surface area contributed by atoms with Crippen molar-refractivity contribution in [3.8, 4) is 0 Å². The highest BCUT2D eigenvalue weighted by Crippen LogP contribution is 2.14. The number of hydrogen-bond donors (Lipinski definition) is 2. The van der Waals surface area contributed by atoms with Gasteiger partial charge in [0.05, 0.1) is 5.97 Å². The molecule has 0 aliphatic rings. The molecule has 2 aromatic carbocycles. The van der Waals surface area contributed by atoms with E-state index in [2.05, 4.69) is 10.6 Å². The number of carboxylic acids is 1. The van der Waals surface area contributed by atoms with Crippen LogP contribution in [0.5, 0.6) is 0 Å². The number of carboxylic acid groups (broad SMARTS) is 1. The van der Waals surface area contributed by atoms with Crippen LogP contribution in [-0.4, -0.2) is 17.0 Å². The molecule has 5 nitrogen and oxygen atoms in total. The Morgan fingerprint density at radius 1 is 1.00 bits per heavy atom. The monoisotopic (exact) mass is 313 g/mol. The van der Waals surface area contributed by atoms with Crippen LogP contribution in [0.15, 0.2) is 48.5 Å². The molecule has 0 aliphatic carbocycles. The van der Waals surface area contributed by atoms with Crippen molar-refractivity contribution in [1.82, 2.24) is 5.32 Å². The van der Waals surface area contributed by atoms with Gasteiger partial charge in [-0.15, -0.1) is 0 Å². The number of anilines is 1. The lowest BCUT2D eigenvalue weighted by Crippen LogP contribution is -2.35. The molecular weight excluding hydrogens is 300 g/mol. The number of para-hydroxylation sites is 1. The first-order valence-electron chi connectivity index (χ1n) is 6.47. The molecule has 0 heterocycles. The molecule has 0 fully saturated rings. The highest BCUT2D eigenvalue weighted by molar-refractivity contribution is 7.80. The zero-order valence-electron chi connectivity index (χ0n) is 11.8. The molecule has 22 heavy (non-hydrogen) atoms. The van der Waals surface area contributed by atoms with Gasteiger partial charge < -0.3 is 15.2 Å². The van der Waals surface area contributed by atoms with E-state index in [1.165, 1.54) is 12.1 Å². The van der Waals surface area contributed by atoms with Gasteiger partial charge in [-0.05, 0) is 36.8 Å². The van der Waals surface area contributed by atoms with Crippen LogP contribution in [0.3, 0.4) is 0 Å². The van der Waals surface area contributed by atoms with E-state index in [1.54, 1.807) is 24.3 Å². The summed E-state index contributed by atoms with van der Waals surface area (Å²) in [5.41, 5.74) is 1.55. The molecule has 0 radical (unpaired) electrons. The maximum Gasteiger partial charge on any atom is 0.257 e. The molecule has 0 spiro atoms. The number of nitrogens with one attached hydrogen (secondary N) is 2. The van der Waals surface area contributed by atoms with Gasteiger partial charge in [-0.1, -0.05) is 36.4 Å². The molecule has 2 N–H and O–H groups in total. The molecule has 2 rings (SSSR count). The topological polar surface area (TPSA) is 81.3 Å². The summed E-state index contributed by atoms with van der Waals surface area (Å²) in [7, 11) is 0. The third-order valence-electron chi connectivity index (χ3n) is 3.01. The fourth-order valence-corrected chi connectivity index (χ4v) is 2.12. The Labute approximate surface area is 133 Å². The number of carbonyl (C=O) groups excluding carboxylic acids is 2. The van der Waals surface area contributed by atoms with Gasteiger partial charge in [-0.3, -0.25) is 10.1 Å². The summed E-state index contributed by atoms with van der Waals surface area (Å²) in [6, 6.07) is 13.2. The predicted molar refractivity (Wildman–Crippen MR) is 85.6 cm³/mol. The van der Waals surface area contributed by atoms with Crippen LogP contribution in [-0.2, 0) is 0 Å². The second-order valence-electron chi connectivity index (χ2n) is 4.56. The number of hydrogen-bond acceptors (Lipinski definition) is 4. The molecule has 6 heteroatoms. The standard InChI is InChI=1S/C16H14N2O3S/c1-10-6-2-3-7-11(10)14(19)18-16(22)17-13-9-5-4-8-12(13)15(20)21/h2-9H,1H3,(H,20,21)(H2,17,18,19,22)/p-1. The molecule has 0 aliphatic heterocycles. The summed E-state index contributed by atoms with van der Waals surface area (Å²) >= 11 is 5.05. The van der Waals surface area contributed by atoms with Crippen LogP contribution in [0, 0.1) is 6.92 Å². The fraction of sp³-hybridized carbons (Fsp3) is 0.0625. The van der Waals surface area contributed by atoms with Gasteiger partial charge in [0.25, 0.3) is 5.91 Å². The fourth-order valence-electron chi connectivity index (χ4n) is 1.92. The Balaban J connectivity index is 2.10. The van der Waals surface area contributed by atoms with E-state index < -0.39 is 5.97 Å². The SMILES string of the molecule is Cc1ccccc1C(=O)NC(=S)Nc1ccccc1C(=O)[O-]. The Kier molecular flexibility index (Phi) is 4.85. The van der Waals surface area contributed by atoms with Gasteiger partial charge in [0.1, 0.15) is 0 Å². The van der Waals surface area contributed by atoms with Crippen molar-refractivity contribution in [2.75, 3.05) is 5.32 Å². The van der Waals surface area contributed by atoms with Crippen molar-refractivity contribution in [2.45, 2.75) is 6.92 Å².